The van der Waals surface area contributed by atoms with Gasteiger partial charge in [0.05, 0.1) is 24.5 Å². The van der Waals surface area contributed by atoms with Crippen molar-refractivity contribution in [1.29, 1.82) is 0 Å². The third kappa shape index (κ3) is 3.99. The lowest BCUT2D eigenvalue weighted by Gasteiger charge is -2.35. The van der Waals surface area contributed by atoms with Gasteiger partial charge in [0.1, 0.15) is 0 Å². The Morgan fingerprint density at radius 1 is 1.44 bits per heavy atom. The van der Waals surface area contributed by atoms with Gasteiger partial charge in [-0.15, -0.1) is 0 Å². The smallest absolute Gasteiger partial charge is 0.214 e. The number of hydrogen-bond donors (Lipinski definition) is 2. The van der Waals surface area contributed by atoms with Gasteiger partial charge in [-0.25, -0.2) is 13.1 Å². The van der Waals surface area contributed by atoms with Crippen LogP contribution < -0.4 is 4.72 Å². The average molecular weight is 253 g/mol. The van der Waals surface area contributed by atoms with Gasteiger partial charge in [0.2, 0.25) is 10.0 Å². The van der Waals surface area contributed by atoms with Crippen molar-refractivity contribution < 1.29 is 23.0 Å². The van der Waals surface area contributed by atoms with Crippen LogP contribution in [0.2, 0.25) is 0 Å². The quantitative estimate of drug-likeness (QED) is 0.640. The van der Waals surface area contributed by atoms with Gasteiger partial charge in [-0.05, 0) is 12.8 Å². The standard InChI is InChI=1S/C9H19NO5S/c1-14-6-7-16(12,13)10-9(8-11)2-4-15-5-3-9/h10-11H,2-8H2,1H3. The molecule has 1 heterocycles. The number of aliphatic hydroxyl groups is 1. The fourth-order valence-electron chi connectivity index (χ4n) is 1.63. The first-order chi connectivity index (χ1) is 7.54. The summed E-state index contributed by atoms with van der Waals surface area (Å²) in [7, 11) is -1.95. The average Bonchev–Trinajstić information content (AvgIpc) is 2.27. The highest BCUT2D eigenvalue weighted by molar-refractivity contribution is 7.89. The molecule has 0 aromatic heterocycles. The highest BCUT2D eigenvalue weighted by Crippen LogP contribution is 2.21. The molecule has 7 heteroatoms. The van der Waals surface area contributed by atoms with Crippen molar-refractivity contribution in [3.05, 3.63) is 0 Å². The molecule has 0 aromatic carbocycles. The topological polar surface area (TPSA) is 84.9 Å². The van der Waals surface area contributed by atoms with Gasteiger partial charge < -0.3 is 14.6 Å². The molecule has 0 aromatic rings. The number of ether oxygens (including phenoxy) is 2. The molecule has 0 radical (unpaired) electrons. The monoisotopic (exact) mass is 253 g/mol. The Morgan fingerprint density at radius 3 is 2.56 bits per heavy atom. The molecule has 96 valence electrons. The molecule has 0 bridgehead atoms. The SMILES string of the molecule is COCCS(=O)(=O)NC1(CO)CCOCC1. The zero-order chi connectivity index (χ0) is 12.1. The normalized spacial score (nSPS) is 20.9. The van der Waals surface area contributed by atoms with Gasteiger partial charge in [-0.3, -0.25) is 0 Å². The molecule has 6 nitrogen and oxygen atoms in total. The first-order valence-electron chi connectivity index (χ1n) is 5.23. The Labute approximate surface area is 96.0 Å². The van der Waals surface area contributed by atoms with Crippen molar-refractivity contribution in [3.8, 4) is 0 Å². The maximum Gasteiger partial charge on any atom is 0.214 e. The summed E-state index contributed by atoms with van der Waals surface area (Å²) in [6.45, 7) is 0.872. The number of hydrogen-bond acceptors (Lipinski definition) is 5. The molecule has 0 aliphatic carbocycles. The molecule has 0 atom stereocenters. The van der Waals surface area contributed by atoms with E-state index < -0.39 is 15.6 Å². The summed E-state index contributed by atoms with van der Waals surface area (Å²) in [6, 6.07) is 0. The zero-order valence-corrected chi connectivity index (χ0v) is 10.3. The molecule has 0 spiro atoms. The van der Waals surface area contributed by atoms with Crippen molar-refractivity contribution in [2.24, 2.45) is 0 Å². The van der Waals surface area contributed by atoms with E-state index in [2.05, 4.69) is 4.72 Å². The van der Waals surface area contributed by atoms with Crippen LogP contribution in [0.25, 0.3) is 0 Å². The lowest BCUT2D eigenvalue weighted by atomic mass is 9.93. The maximum atomic E-state index is 11.7. The summed E-state index contributed by atoms with van der Waals surface area (Å²) in [5.74, 6) is -0.0912. The molecule has 1 saturated heterocycles. The van der Waals surface area contributed by atoms with Crippen LogP contribution in [0.3, 0.4) is 0 Å². The predicted molar refractivity (Wildman–Crippen MR) is 58.7 cm³/mol. The Hall–Kier alpha value is -0.210. The molecule has 0 saturated carbocycles. The zero-order valence-electron chi connectivity index (χ0n) is 9.44. The highest BCUT2D eigenvalue weighted by Gasteiger charge is 2.35. The number of nitrogens with one attached hydrogen (secondary N) is 1. The molecule has 16 heavy (non-hydrogen) atoms. The van der Waals surface area contributed by atoms with Crippen molar-refractivity contribution >= 4 is 10.0 Å². The summed E-state index contributed by atoms with van der Waals surface area (Å²) in [6.07, 6.45) is 0.991. The van der Waals surface area contributed by atoms with Crippen LogP contribution in [0.4, 0.5) is 0 Å². The molecular formula is C9H19NO5S. The molecule has 1 aliphatic heterocycles. The molecule has 0 unspecified atom stereocenters. The fraction of sp³-hybridized carbons (Fsp3) is 1.00. The number of methoxy groups -OCH3 is 1. The van der Waals surface area contributed by atoms with Crippen LogP contribution in [-0.2, 0) is 19.5 Å². The lowest BCUT2D eigenvalue weighted by molar-refractivity contribution is 0.0222. The lowest BCUT2D eigenvalue weighted by Crippen LogP contribution is -2.55. The van der Waals surface area contributed by atoms with E-state index in [1.54, 1.807) is 0 Å². The van der Waals surface area contributed by atoms with E-state index in [0.29, 0.717) is 26.1 Å². The van der Waals surface area contributed by atoms with Gasteiger partial charge in [0.25, 0.3) is 0 Å². The Balaban J connectivity index is 2.61. The molecule has 0 amide bonds. The summed E-state index contributed by atoms with van der Waals surface area (Å²) in [5.41, 5.74) is -0.759. The summed E-state index contributed by atoms with van der Waals surface area (Å²) in [5, 5.41) is 9.32. The van der Waals surface area contributed by atoms with E-state index in [0.717, 1.165) is 0 Å². The first kappa shape index (κ1) is 13.9. The summed E-state index contributed by atoms with van der Waals surface area (Å²) in [4.78, 5) is 0. The Kier molecular flexibility index (Phi) is 5.13. The van der Waals surface area contributed by atoms with Crippen molar-refractivity contribution in [2.75, 3.05) is 39.3 Å². The second-order valence-corrected chi connectivity index (χ2v) is 5.81. The summed E-state index contributed by atoms with van der Waals surface area (Å²) >= 11 is 0. The second-order valence-electron chi connectivity index (χ2n) is 3.96. The minimum atomic E-state index is -3.40. The number of rotatable bonds is 6. The molecule has 1 rings (SSSR count). The van der Waals surface area contributed by atoms with Gasteiger partial charge in [-0.1, -0.05) is 0 Å². The van der Waals surface area contributed by atoms with Crippen LogP contribution in [-0.4, -0.2) is 58.4 Å². The largest absolute Gasteiger partial charge is 0.394 e. The van der Waals surface area contributed by atoms with E-state index in [4.69, 9.17) is 9.47 Å². The van der Waals surface area contributed by atoms with Crippen LogP contribution >= 0.6 is 0 Å². The number of aliphatic hydroxyl groups excluding tert-OH is 1. The third-order valence-corrected chi connectivity index (χ3v) is 4.13. The minimum Gasteiger partial charge on any atom is -0.394 e. The van der Waals surface area contributed by atoms with E-state index in [1.807, 2.05) is 0 Å². The van der Waals surface area contributed by atoms with Gasteiger partial charge in [-0.2, -0.15) is 0 Å². The van der Waals surface area contributed by atoms with Gasteiger partial charge in [0, 0.05) is 20.3 Å². The van der Waals surface area contributed by atoms with Crippen LogP contribution in [0.15, 0.2) is 0 Å². The maximum absolute atomic E-state index is 11.7. The predicted octanol–water partition coefficient (Wildman–Crippen LogP) is -0.906. The van der Waals surface area contributed by atoms with Crippen LogP contribution in [0.1, 0.15) is 12.8 Å². The van der Waals surface area contributed by atoms with Gasteiger partial charge >= 0.3 is 0 Å². The Morgan fingerprint density at radius 2 is 2.06 bits per heavy atom. The minimum absolute atomic E-state index is 0.0912. The fourth-order valence-corrected chi connectivity index (χ4v) is 3.05. The number of sulfonamides is 1. The highest BCUT2D eigenvalue weighted by atomic mass is 32.2. The van der Waals surface area contributed by atoms with Crippen molar-refractivity contribution in [1.82, 2.24) is 4.72 Å². The molecule has 1 aliphatic rings. The van der Waals surface area contributed by atoms with E-state index in [9.17, 15) is 13.5 Å². The molecular weight excluding hydrogens is 234 g/mol. The third-order valence-electron chi connectivity index (χ3n) is 2.68. The van der Waals surface area contributed by atoms with Crippen LogP contribution in [0, 0.1) is 0 Å². The van der Waals surface area contributed by atoms with Crippen molar-refractivity contribution in [2.45, 2.75) is 18.4 Å². The van der Waals surface area contributed by atoms with E-state index >= 15 is 0 Å². The Bertz CT molecular complexity index is 297. The van der Waals surface area contributed by atoms with E-state index in [-0.39, 0.29) is 19.0 Å². The first-order valence-corrected chi connectivity index (χ1v) is 6.88. The van der Waals surface area contributed by atoms with Crippen LogP contribution in [0.5, 0.6) is 0 Å². The second kappa shape index (κ2) is 5.92. The molecule has 2 N–H and O–H groups in total. The van der Waals surface area contributed by atoms with Gasteiger partial charge in [0.15, 0.2) is 0 Å². The van der Waals surface area contributed by atoms with Crippen molar-refractivity contribution in [3.63, 3.8) is 0 Å². The van der Waals surface area contributed by atoms with E-state index in [1.165, 1.54) is 7.11 Å². The summed E-state index contributed by atoms with van der Waals surface area (Å²) < 4.78 is 35.8. The molecule has 1 fully saturated rings.